The first-order valence-corrected chi connectivity index (χ1v) is 12.6. The molecule has 35 heavy (non-hydrogen) atoms. The molecule has 1 unspecified atom stereocenters. The number of carbonyl (C=O) groups excluding carboxylic acids is 2. The molecule has 7 heteroatoms. The van der Waals surface area contributed by atoms with E-state index >= 15 is 0 Å². The van der Waals surface area contributed by atoms with Crippen molar-refractivity contribution in [3.05, 3.63) is 59.7 Å². The molecule has 2 amide bonds. The normalized spacial score (nSPS) is 19.2. The van der Waals surface area contributed by atoms with Gasteiger partial charge in [0.2, 0.25) is 5.91 Å². The lowest BCUT2D eigenvalue weighted by molar-refractivity contribution is -0.149. The second-order valence-electron chi connectivity index (χ2n) is 10.1. The first-order valence-electron chi connectivity index (χ1n) is 12.6. The third-order valence-electron chi connectivity index (χ3n) is 7.74. The van der Waals surface area contributed by atoms with E-state index in [4.69, 9.17) is 4.74 Å². The quantitative estimate of drug-likeness (QED) is 0.517. The van der Waals surface area contributed by atoms with Crippen molar-refractivity contribution in [2.75, 3.05) is 6.61 Å². The van der Waals surface area contributed by atoms with Crippen LogP contribution in [0.2, 0.25) is 0 Å². The van der Waals surface area contributed by atoms with E-state index in [0.717, 1.165) is 43.2 Å². The van der Waals surface area contributed by atoms with Gasteiger partial charge in [0.15, 0.2) is 0 Å². The van der Waals surface area contributed by atoms with Crippen LogP contribution in [-0.4, -0.2) is 41.3 Å². The van der Waals surface area contributed by atoms with Crippen LogP contribution in [0.4, 0.5) is 4.79 Å². The molecular formula is C28H32N2O5. The Hall–Kier alpha value is -3.35. The van der Waals surface area contributed by atoms with Crippen molar-refractivity contribution >= 4 is 18.0 Å². The zero-order chi connectivity index (χ0) is 24.4. The van der Waals surface area contributed by atoms with Gasteiger partial charge in [0.1, 0.15) is 12.1 Å². The molecule has 1 atom stereocenters. The van der Waals surface area contributed by atoms with Crippen LogP contribution in [0.15, 0.2) is 48.5 Å². The number of aliphatic carboxylic acids is 1. The van der Waals surface area contributed by atoms with Crippen LogP contribution in [0.3, 0.4) is 0 Å². The van der Waals surface area contributed by atoms with Crippen LogP contribution in [0.25, 0.3) is 11.1 Å². The van der Waals surface area contributed by atoms with Gasteiger partial charge in [-0.05, 0) is 53.9 Å². The predicted molar refractivity (Wildman–Crippen MR) is 131 cm³/mol. The summed E-state index contributed by atoms with van der Waals surface area (Å²) in [6.07, 6.45) is 4.85. The molecule has 2 fully saturated rings. The Labute approximate surface area is 205 Å². The topological polar surface area (TPSA) is 105 Å². The van der Waals surface area contributed by atoms with Gasteiger partial charge in [-0.15, -0.1) is 0 Å². The standard InChI is InChI=1S/C28H32N2O5/c31-25(30-28(26(32)33)14-6-1-7-15-28)16-24(18-12-13-18)29-27(34)35-17-23-21-10-4-2-8-19(21)20-9-3-5-11-22(20)23/h2-5,8-11,18,23-24H,1,6-7,12-17H2,(H,29,34)(H,30,31)(H,32,33). The van der Waals surface area contributed by atoms with Gasteiger partial charge in [-0.25, -0.2) is 9.59 Å². The van der Waals surface area contributed by atoms with Gasteiger partial charge in [-0.1, -0.05) is 67.8 Å². The van der Waals surface area contributed by atoms with Gasteiger partial charge in [-0.3, -0.25) is 4.79 Å². The Bertz CT molecular complexity index is 1070. The van der Waals surface area contributed by atoms with E-state index in [9.17, 15) is 19.5 Å². The van der Waals surface area contributed by atoms with Crippen LogP contribution < -0.4 is 10.6 Å². The number of rotatable bonds is 8. The number of benzene rings is 2. The van der Waals surface area contributed by atoms with Crippen LogP contribution in [0.1, 0.15) is 68.4 Å². The Morgan fingerprint density at radius 2 is 1.54 bits per heavy atom. The third-order valence-corrected chi connectivity index (χ3v) is 7.74. The molecule has 2 aromatic carbocycles. The SMILES string of the molecule is O=C(CC(NC(=O)OCC1c2ccccc2-c2ccccc21)C1CC1)NC1(C(=O)O)CCCCC1. The number of hydrogen-bond acceptors (Lipinski definition) is 4. The van der Waals surface area contributed by atoms with E-state index < -0.39 is 17.6 Å². The summed E-state index contributed by atoms with van der Waals surface area (Å²) in [5, 5.41) is 15.4. The second kappa shape index (κ2) is 9.72. The molecule has 3 N–H and O–H groups in total. The molecule has 0 aromatic heterocycles. The largest absolute Gasteiger partial charge is 0.480 e. The fraction of sp³-hybridized carbons (Fsp3) is 0.464. The molecule has 0 aliphatic heterocycles. The number of carboxylic acid groups (broad SMARTS) is 1. The number of alkyl carbamates (subject to hydrolysis) is 1. The molecular weight excluding hydrogens is 444 g/mol. The van der Waals surface area contributed by atoms with E-state index in [0.29, 0.717) is 12.8 Å². The first-order chi connectivity index (χ1) is 17.0. The molecule has 2 saturated carbocycles. The van der Waals surface area contributed by atoms with Crippen LogP contribution in [0, 0.1) is 5.92 Å². The van der Waals surface area contributed by atoms with Crippen molar-refractivity contribution in [2.24, 2.45) is 5.92 Å². The zero-order valence-electron chi connectivity index (χ0n) is 19.8. The molecule has 7 nitrogen and oxygen atoms in total. The van der Waals surface area contributed by atoms with E-state index in [-0.39, 0.29) is 36.8 Å². The highest BCUT2D eigenvalue weighted by Crippen LogP contribution is 2.44. The maximum Gasteiger partial charge on any atom is 0.407 e. The molecule has 184 valence electrons. The summed E-state index contributed by atoms with van der Waals surface area (Å²) in [5.41, 5.74) is 3.43. The zero-order valence-corrected chi connectivity index (χ0v) is 19.8. The van der Waals surface area contributed by atoms with E-state index in [1.54, 1.807) is 0 Å². The third kappa shape index (κ3) is 4.90. The van der Waals surface area contributed by atoms with Crippen molar-refractivity contribution in [3.8, 4) is 11.1 Å². The van der Waals surface area contributed by atoms with Gasteiger partial charge in [0, 0.05) is 18.4 Å². The number of carbonyl (C=O) groups is 3. The fourth-order valence-corrected chi connectivity index (χ4v) is 5.69. The van der Waals surface area contributed by atoms with Crippen molar-refractivity contribution < 1.29 is 24.2 Å². The molecule has 0 radical (unpaired) electrons. The second-order valence-corrected chi connectivity index (χ2v) is 10.1. The summed E-state index contributed by atoms with van der Waals surface area (Å²) in [6, 6.07) is 16.0. The summed E-state index contributed by atoms with van der Waals surface area (Å²) in [6.45, 7) is 0.214. The number of hydrogen-bond donors (Lipinski definition) is 3. The highest BCUT2D eigenvalue weighted by Gasteiger charge is 2.42. The summed E-state index contributed by atoms with van der Waals surface area (Å²) in [5.74, 6) is -1.12. The maximum absolute atomic E-state index is 12.8. The monoisotopic (exact) mass is 476 g/mol. The number of ether oxygens (including phenoxy) is 1. The lowest BCUT2D eigenvalue weighted by Gasteiger charge is -2.34. The average Bonchev–Trinajstić information content (AvgIpc) is 3.66. The summed E-state index contributed by atoms with van der Waals surface area (Å²) in [4.78, 5) is 37.5. The number of amides is 2. The molecule has 0 spiro atoms. The van der Waals surface area contributed by atoms with Gasteiger partial charge < -0.3 is 20.5 Å². The summed E-state index contributed by atoms with van der Waals surface area (Å²) in [7, 11) is 0. The Balaban J connectivity index is 1.20. The first kappa shape index (κ1) is 23.4. The summed E-state index contributed by atoms with van der Waals surface area (Å²) < 4.78 is 5.66. The lowest BCUT2D eigenvalue weighted by Crippen LogP contribution is -2.56. The van der Waals surface area contributed by atoms with Gasteiger partial charge >= 0.3 is 12.1 Å². The number of carboxylic acids is 1. The van der Waals surface area contributed by atoms with Crippen LogP contribution in [-0.2, 0) is 14.3 Å². The molecule has 0 bridgehead atoms. The minimum atomic E-state index is -1.19. The van der Waals surface area contributed by atoms with Crippen molar-refractivity contribution in [1.82, 2.24) is 10.6 Å². The predicted octanol–water partition coefficient (Wildman–Crippen LogP) is 4.60. The molecule has 0 saturated heterocycles. The van der Waals surface area contributed by atoms with Crippen LogP contribution in [0.5, 0.6) is 0 Å². The molecule has 3 aliphatic carbocycles. The van der Waals surface area contributed by atoms with E-state index in [1.807, 2.05) is 24.3 Å². The van der Waals surface area contributed by atoms with Crippen molar-refractivity contribution in [2.45, 2.75) is 68.9 Å². The van der Waals surface area contributed by atoms with Gasteiger partial charge in [-0.2, -0.15) is 0 Å². The molecule has 5 rings (SSSR count). The Kier molecular flexibility index (Phi) is 6.50. The fourth-order valence-electron chi connectivity index (χ4n) is 5.69. The molecule has 3 aliphatic rings. The number of fused-ring (bicyclic) bond motifs is 3. The maximum atomic E-state index is 12.8. The van der Waals surface area contributed by atoms with Gasteiger partial charge in [0.05, 0.1) is 0 Å². The van der Waals surface area contributed by atoms with Gasteiger partial charge in [0.25, 0.3) is 0 Å². The van der Waals surface area contributed by atoms with E-state index in [1.165, 1.54) is 11.1 Å². The lowest BCUT2D eigenvalue weighted by atomic mass is 9.81. The van der Waals surface area contributed by atoms with Crippen LogP contribution >= 0.6 is 0 Å². The average molecular weight is 477 g/mol. The molecule has 2 aromatic rings. The highest BCUT2D eigenvalue weighted by molar-refractivity contribution is 5.87. The highest BCUT2D eigenvalue weighted by atomic mass is 16.5. The van der Waals surface area contributed by atoms with Crippen molar-refractivity contribution in [1.29, 1.82) is 0 Å². The molecule has 0 heterocycles. The Morgan fingerprint density at radius 3 is 2.11 bits per heavy atom. The number of nitrogens with one attached hydrogen (secondary N) is 2. The minimum Gasteiger partial charge on any atom is -0.480 e. The summed E-state index contributed by atoms with van der Waals surface area (Å²) >= 11 is 0. The van der Waals surface area contributed by atoms with Crippen molar-refractivity contribution in [3.63, 3.8) is 0 Å². The van der Waals surface area contributed by atoms with E-state index in [2.05, 4.69) is 34.9 Å². The Morgan fingerprint density at radius 1 is 0.943 bits per heavy atom. The minimum absolute atomic E-state index is 0.0300. The smallest absolute Gasteiger partial charge is 0.407 e.